The maximum Gasteiger partial charge on any atom is 0.339 e. The number of carbonyl (C=O) groups is 1. The van der Waals surface area contributed by atoms with Crippen LogP contribution in [0.25, 0.3) is 0 Å². The zero-order chi connectivity index (χ0) is 25.9. The van der Waals surface area contributed by atoms with Crippen LogP contribution in [0.15, 0.2) is 0 Å². The number of carboxylic acids is 1. The van der Waals surface area contributed by atoms with Gasteiger partial charge in [0.1, 0.15) is 5.56 Å². The molecule has 0 atom stereocenters. The highest BCUT2D eigenvalue weighted by Gasteiger charge is 2.29. The molecule has 1 aromatic carbocycles. The molecule has 0 heterocycles. The fraction of sp³-hybridized carbons (Fsp3) is 0.759. The Morgan fingerprint density at radius 2 is 1.09 bits per heavy atom. The largest absolute Gasteiger partial charge is 0.503 e. The van der Waals surface area contributed by atoms with Gasteiger partial charge in [-0.15, -0.1) is 0 Å². The van der Waals surface area contributed by atoms with Gasteiger partial charge in [0.15, 0.2) is 11.5 Å². The standard InChI is InChI=1S/C29H50O6/c1-5-7-9-11-13-15-17-19-21-23-24(22-20-18-16-14-12-10-8-6-2)27(33-3)28(35-34-4)26(30)25(23)29(31)32/h30H,5-22H2,1-4H3,(H,31,32). The van der Waals surface area contributed by atoms with Crippen molar-refractivity contribution in [3.8, 4) is 17.2 Å². The maximum atomic E-state index is 12.2. The first-order chi connectivity index (χ1) is 17.0. The summed E-state index contributed by atoms with van der Waals surface area (Å²) < 4.78 is 5.63. The molecule has 202 valence electrons. The van der Waals surface area contributed by atoms with Gasteiger partial charge in [0.25, 0.3) is 0 Å². The quantitative estimate of drug-likeness (QED) is 0.0956. The third-order valence-corrected chi connectivity index (χ3v) is 6.74. The van der Waals surface area contributed by atoms with Gasteiger partial charge in [-0.1, -0.05) is 104 Å². The fourth-order valence-electron chi connectivity index (χ4n) is 4.81. The molecule has 2 N–H and O–H groups in total. The molecule has 35 heavy (non-hydrogen) atoms. The molecule has 6 nitrogen and oxygen atoms in total. The van der Waals surface area contributed by atoms with Gasteiger partial charge in [0.05, 0.1) is 14.2 Å². The Morgan fingerprint density at radius 1 is 0.657 bits per heavy atom. The number of unbranched alkanes of at least 4 members (excludes halogenated alkanes) is 14. The highest BCUT2D eigenvalue weighted by Crippen LogP contribution is 2.46. The van der Waals surface area contributed by atoms with Crippen LogP contribution in [-0.2, 0) is 17.7 Å². The first-order valence-corrected chi connectivity index (χ1v) is 13.9. The van der Waals surface area contributed by atoms with Crippen molar-refractivity contribution < 1.29 is 29.5 Å². The van der Waals surface area contributed by atoms with Crippen molar-refractivity contribution in [1.82, 2.24) is 0 Å². The molecule has 6 heteroatoms. The smallest absolute Gasteiger partial charge is 0.339 e. The second-order valence-electron chi connectivity index (χ2n) is 9.55. The molecule has 0 aliphatic carbocycles. The average Bonchev–Trinajstić information content (AvgIpc) is 2.84. The number of carboxylic acid groups (broad SMARTS) is 1. The van der Waals surface area contributed by atoms with Crippen molar-refractivity contribution in [2.75, 3.05) is 14.2 Å². The van der Waals surface area contributed by atoms with Crippen LogP contribution in [0.5, 0.6) is 17.2 Å². The third kappa shape index (κ3) is 11.1. The van der Waals surface area contributed by atoms with Gasteiger partial charge in [-0.2, -0.15) is 4.89 Å². The summed E-state index contributed by atoms with van der Waals surface area (Å²) in [7, 11) is 2.85. The molecular formula is C29H50O6. The number of hydrogen-bond donors (Lipinski definition) is 2. The van der Waals surface area contributed by atoms with Gasteiger partial charge in [-0.25, -0.2) is 4.79 Å². The van der Waals surface area contributed by atoms with E-state index in [1.165, 1.54) is 84.8 Å². The lowest BCUT2D eigenvalue weighted by atomic mass is 9.90. The van der Waals surface area contributed by atoms with Crippen molar-refractivity contribution in [3.05, 3.63) is 16.7 Å². The first-order valence-electron chi connectivity index (χ1n) is 13.9. The maximum absolute atomic E-state index is 12.2. The summed E-state index contributed by atoms with van der Waals surface area (Å²) in [5, 5.41) is 20.7. The second kappa shape index (κ2) is 19.3. The van der Waals surface area contributed by atoms with Crippen LogP contribution in [0.2, 0.25) is 0 Å². The molecule has 0 amide bonds. The van der Waals surface area contributed by atoms with E-state index < -0.39 is 11.7 Å². The molecule has 0 fully saturated rings. The van der Waals surface area contributed by atoms with Crippen molar-refractivity contribution in [1.29, 1.82) is 0 Å². The number of phenols is 1. The molecule has 1 aromatic rings. The molecule has 0 spiro atoms. The lowest BCUT2D eigenvalue weighted by Gasteiger charge is -2.21. The Bertz CT molecular complexity index is 716. The minimum absolute atomic E-state index is 0.0540. The average molecular weight is 495 g/mol. The zero-order valence-corrected chi connectivity index (χ0v) is 22.8. The molecule has 0 aliphatic rings. The van der Waals surface area contributed by atoms with Crippen molar-refractivity contribution >= 4 is 5.97 Å². The summed E-state index contributed by atoms with van der Waals surface area (Å²) in [6.45, 7) is 4.45. The molecule has 0 aliphatic heterocycles. The van der Waals surface area contributed by atoms with Crippen LogP contribution < -0.4 is 9.62 Å². The third-order valence-electron chi connectivity index (χ3n) is 6.74. The summed E-state index contributed by atoms with van der Waals surface area (Å²) in [6.07, 6.45) is 20.2. The van der Waals surface area contributed by atoms with Crippen molar-refractivity contribution in [2.45, 2.75) is 129 Å². The molecule has 0 radical (unpaired) electrons. The van der Waals surface area contributed by atoms with Crippen LogP contribution in [-0.4, -0.2) is 30.4 Å². The van der Waals surface area contributed by atoms with Crippen molar-refractivity contribution in [2.24, 2.45) is 0 Å². The van der Waals surface area contributed by atoms with Crippen LogP contribution in [0.1, 0.15) is 138 Å². The van der Waals surface area contributed by atoms with E-state index >= 15 is 0 Å². The SMILES string of the molecule is CCCCCCCCCCc1c(CCCCCCCCCC)c(C(=O)O)c(O)c(OOC)c1OC. The molecule has 0 unspecified atom stereocenters. The summed E-state index contributed by atoms with van der Waals surface area (Å²) >= 11 is 0. The van der Waals surface area contributed by atoms with Gasteiger partial charge in [0, 0.05) is 5.56 Å². The van der Waals surface area contributed by atoms with Gasteiger partial charge in [-0.3, -0.25) is 0 Å². The van der Waals surface area contributed by atoms with Gasteiger partial charge in [-0.05, 0) is 31.2 Å². The topological polar surface area (TPSA) is 85.2 Å². The molecule has 1 rings (SSSR count). The monoisotopic (exact) mass is 494 g/mol. The van der Waals surface area contributed by atoms with Gasteiger partial charge < -0.3 is 19.8 Å². The highest BCUT2D eigenvalue weighted by atomic mass is 17.2. The molecule has 0 bridgehead atoms. The van der Waals surface area contributed by atoms with E-state index in [2.05, 4.69) is 13.8 Å². The Morgan fingerprint density at radius 3 is 1.49 bits per heavy atom. The number of benzene rings is 1. The molecule has 0 aromatic heterocycles. The van der Waals surface area contributed by atoms with Crippen LogP contribution in [0.3, 0.4) is 0 Å². The summed E-state index contributed by atoms with van der Waals surface area (Å²) in [4.78, 5) is 22.2. The number of aromatic hydroxyl groups is 1. The van der Waals surface area contributed by atoms with Gasteiger partial charge >= 0.3 is 5.97 Å². The van der Waals surface area contributed by atoms with Crippen LogP contribution >= 0.6 is 0 Å². The van der Waals surface area contributed by atoms with E-state index in [1.54, 1.807) is 0 Å². The Kier molecular flexibility index (Phi) is 17.1. The lowest BCUT2D eigenvalue weighted by Crippen LogP contribution is -2.11. The van der Waals surface area contributed by atoms with Crippen molar-refractivity contribution in [3.63, 3.8) is 0 Å². The second-order valence-corrected chi connectivity index (χ2v) is 9.55. The predicted molar refractivity (Wildman–Crippen MR) is 142 cm³/mol. The number of methoxy groups -OCH3 is 1. The Balaban J connectivity index is 2.96. The molecular weight excluding hydrogens is 444 g/mol. The number of ether oxygens (including phenoxy) is 1. The number of aromatic carboxylic acids is 1. The summed E-state index contributed by atoms with van der Waals surface area (Å²) in [6, 6.07) is 0. The predicted octanol–water partition coefficient (Wildman–Crippen LogP) is 8.41. The van der Waals surface area contributed by atoms with E-state index in [-0.39, 0.29) is 11.3 Å². The number of hydrogen-bond acceptors (Lipinski definition) is 5. The lowest BCUT2D eigenvalue weighted by molar-refractivity contribution is -0.180. The number of rotatable bonds is 22. The zero-order valence-electron chi connectivity index (χ0n) is 22.8. The van der Waals surface area contributed by atoms with E-state index in [9.17, 15) is 15.0 Å². The van der Waals surface area contributed by atoms with E-state index in [0.29, 0.717) is 24.2 Å². The van der Waals surface area contributed by atoms with Crippen LogP contribution in [0.4, 0.5) is 0 Å². The van der Waals surface area contributed by atoms with Crippen LogP contribution in [0, 0.1) is 0 Å². The summed E-state index contributed by atoms with van der Waals surface area (Å²) in [5.41, 5.74) is 1.41. The van der Waals surface area contributed by atoms with E-state index in [0.717, 1.165) is 37.7 Å². The summed E-state index contributed by atoms with van der Waals surface area (Å²) in [5.74, 6) is -1.25. The van der Waals surface area contributed by atoms with E-state index in [1.807, 2.05) is 0 Å². The Labute approximate surface area is 213 Å². The fourth-order valence-corrected chi connectivity index (χ4v) is 4.81. The highest BCUT2D eigenvalue weighted by molar-refractivity contribution is 5.95. The van der Waals surface area contributed by atoms with Gasteiger partial charge in [0.2, 0.25) is 5.75 Å². The molecule has 0 saturated heterocycles. The Hall–Kier alpha value is -1.95. The van der Waals surface area contributed by atoms with E-state index in [4.69, 9.17) is 14.5 Å². The first kappa shape index (κ1) is 31.1. The normalized spacial score (nSPS) is 11.1. The minimum Gasteiger partial charge on any atom is -0.503 e. The molecule has 0 saturated carbocycles. The minimum atomic E-state index is -1.15.